The lowest BCUT2D eigenvalue weighted by atomic mass is 10.0. The molecular weight excluding hydrogens is 288 g/mol. The predicted molar refractivity (Wildman–Crippen MR) is 88.5 cm³/mol. The predicted octanol–water partition coefficient (Wildman–Crippen LogP) is 3.18. The molecule has 0 atom stereocenters. The molecule has 5 heteroatoms. The van der Waals surface area contributed by atoms with Gasteiger partial charge in [0.15, 0.2) is 0 Å². The third-order valence-corrected chi connectivity index (χ3v) is 3.83. The van der Waals surface area contributed by atoms with Gasteiger partial charge in [-0.3, -0.25) is 4.98 Å². The van der Waals surface area contributed by atoms with E-state index in [9.17, 15) is 5.11 Å². The van der Waals surface area contributed by atoms with E-state index >= 15 is 0 Å². The van der Waals surface area contributed by atoms with Crippen molar-refractivity contribution in [3.8, 4) is 22.5 Å². The lowest BCUT2D eigenvalue weighted by molar-refractivity contribution is 0.277. The smallest absolute Gasteiger partial charge is 0.118 e. The average Bonchev–Trinajstić information content (AvgIpc) is 3.10. The molecule has 0 fully saturated rings. The molecule has 4 aromatic rings. The highest BCUT2D eigenvalue weighted by Crippen LogP contribution is 2.27. The summed E-state index contributed by atoms with van der Waals surface area (Å²) in [6, 6.07) is 18.2. The Morgan fingerprint density at radius 2 is 1.74 bits per heavy atom. The van der Waals surface area contributed by atoms with Crippen molar-refractivity contribution in [2.24, 2.45) is 0 Å². The molecule has 112 valence electrons. The van der Waals surface area contributed by atoms with Gasteiger partial charge in [-0.15, -0.1) is 0 Å². The van der Waals surface area contributed by atoms with Crippen LogP contribution >= 0.6 is 0 Å². The van der Waals surface area contributed by atoms with Gasteiger partial charge in [0.05, 0.1) is 12.3 Å². The standard InChI is InChI=1S/C18H14N4O/c23-11-17-18(21-22-20-17)14-7-6-13-9-16(19-10-15(13)8-14)12-4-2-1-3-5-12/h1-10,23H,11H2,(H,20,21,22). The molecule has 5 nitrogen and oxygen atoms in total. The molecule has 0 aliphatic heterocycles. The summed E-state index contributed by atoms with van der Waals surface area (Å²) in [4.78, 5) is 4.55. The summed E-state index contributed by atoms with van der Waals surface area (Å²) in [6.07, 6.45) is 1.86. The molecule has 0 spiro atoms. The molecule has 0 saturated heterocycles. The minimum absolute atomic E-state index is 0.144. The Morgan fingerprint density at radius 1 is 0.870 bits per heavy atom. The molecule has 2 aromatic carbocycles. The maximum absolute atomic E-state index is 9.31. The second-order valence-electron chi connectivity index (χ2n) is 5.27. The van der Waals surface area contributed by atoms with Crippen molar-refractivity contribution in [3.05, 3.63) is 66.5 Å². The Morgan fingerprint density at radius 3 is 2.57 bits per heavy atom. The molecule has 4 rings (SSSR count). The molecule has 2 aromatic heterocycles. The Kier molecular flexibility index (Phi) is 3.33. The summed E-state index contributed by atoms with van der Waals surface area (Å²) in [7, 11) is 0. The summed E-state index contributed by atoms with van der Waals surface area (Å²) in [5, 5.41) is 22.0. The topological polar surface area (TPSA) is 74.7 Å². The van der Waals surface area contributed by atoms with E-state index in [2.05, 4.69) is 26.5 Å². The molecule has 0 radical (unpaired) electrons. The van der Waals surface area contributed by atoms with Crippen molar-refractivity contribution in [2.75, 3.05) is 0 Å². The lowest BCUT2D eigenvalue weighted by Gasteiger charge is -2.05. The lowest BCUT2D eigenvalue weighted by Crippen LogP contribution is -1.89. The molecule has 0 aliphatic carbocycles. The number of pyridine rings is 1. The number of hydrogen-bond donors (Lipinski definition) is 2. The maximum atomic E-state index is 9.31. The zero-order valence-electron chi connectivity index (χ0n) is 12.3. The van der Waals surface area contributed by atoms with Gasteiger partial charge in [-0.2, -0.15) is 15.4 Å². The highest BCUT2D eigenvalue weighted by atomic mass is 16.3. The number of nitrogens with zero attached hydrogens (tertiary/aromatic N) is 3. The molecule has 0 saturated carbocycles. The van der Waals surface area contributed by atoms with Crippen LogP contribution in [0.3, 0.4) is 0 Å². The Bertz CT molecular complexity index is 963. The highest BCUT2D eigenvalue weighted by Gasteiger charge is 2.10. The SMILES string of the molecule is OCc1n[nH]nc1-c1ccc2cc(-c3ccccc3)ncc2c1. The van der Waals surface area contributed by atoms with Crippen molar-refractivity contribution < 1.29 is 5.11 Å². The van der Waals surface area contributed by atoms with Gasteiger partial charge in [0.1, 0.15) is 11.4 Å². The zero-order valence-corrected chi connectivity index (χ0v) is 12.3. The van der Waals surface area contributed by atoms with E-state index in [1.807, 2.05) is 54.7 Å². The number of nitrogens with one attached hydrogen (secondary N) is 1. The van der Waals surface area contributed by atoms with Crippen LogP contribution in [-0.2, 0) is 6.61 Å². The van der Waals surface area contributed by atoms with Crippen LogP contribution in [0.4, 0.5) is 0 Å². The first-order valence-corrected chi connectivity index (χ1v) is 7.31. The zero-order chi connectivity index (χ0) is 15.6. The van der Waals surface area contributed by atoms with Gasteiger partial charge in [0.25, 0.3) is 0 Å². The minimum atomic E-state index is -0.144. The number of H-pyrrole nitrogens is 1. The number of benzene rings is 2. The van der Waals surface area contributed by atoms with E-state index in [1.165, 1.54) is 0 Å². The van der Waals surface area contributed by atoms with Gasteiger partial charge in [-0.05, 0) is 17.5 Å². The molecule has 23 heavy (non-hydrogen) atoms. The fourth-order valence-electron chi connectivity index (χ4n) is 2.65. The van der Waals surface area contributed by atoms with Gasteiger partial charge in [0, 0.05) is 22.7 Å². The number of fused-ring (bicyclic) bond motifs is 1. The quantitative estimate of drug-likeness (QED) is 0.609. The number of aliphatic hydroxyl groups excluding tert-OH is 1. The van der Waals surface area contributed by atoms with Crippen LogP contribution < -0.4 is 0 Å². The fourth-order valence-corrected chi connectivity index (χ4v) is 2.65. The van der Waals surface area contributed by atoms with E-state index in [-0.39, 0.29) is 6.61 Å². The van der Waals surface area contributed by atoms with Gasteiger partial charge in [0.2, 0.25) is 0 Å². The third kappa shape index (κ3) is 2.47. The second-order valence-corrected chi connectivity index (χ2v) is 5.27. The largest absolute Gasteiger partial charge is 0.390 e. The van der Waals surface area contributed by atoms with Crippen LogP contribution in [0, 0.1) is 0 Å². The molecule has 0 unspecified atom stereocenters. The first kappa shape index (κ1) is 13.6. The molecular formula is C18H14N4O. The van der Waals surface area contributed by atoms with Crippen molar-refractivity contribution in [2.45, 2.75) is 6.61 Å². The van der Waals surface area contributed by atoms with Crippen LogP contribution in [0.2, 0.25) is 0 Å². The monoisotopic (exact) mass is 302 g/mol. The van der Waals surface area contributed by atoms with Crippen LogP contribution in [-0.4, -0.2) is 25.5 Å². The van der Waals surface area contributed by atoms with Gasteiger partial charge in [-0.1, -0.05) is 42.5 Å². The summed E-state index contributed by atoms with van der Waals surface area (Å²) in [5.74, 6) is 0. The van der Waals surface area contributed by atoms with Crippen molar-refractivity contribution in [1.82, 2.24) is 20.4 Å². The Hall–Kier alpha value is -3.05. The molecule has 2 heterocycles. The summed E-state index contributed by atoms with van der Waals surface area (Å²) >= 11 is 0. The molecule has 0 aliphatic rings. The Labute approximate surface area is 132 Å². The van der Waals surface area contributed by atoms with E-state index in [0.717, 1.165) is 27.6 Å². The molecule has 0 bridgehead atoms. The molecule has 2 N–H and O–H groups in total. The third-order valence-electron chi connectivity index (χ3n) is 3.83. The van der Waals surface area contributed by atoms with E-state index in [0.29, 0.717) is 11.4 Å². The van der Waals surface area contributed by atoms with Crippen LogP contribution in [0.5, 0.6) is 0 Å². The first-order chi connectivity index (χ1) is 11.3. The summed E-state index contributed by atoms with van der Waals surface area (Å²) in [5.41, 5.74) is 4.16. The normalized spacial score (nSPS) is 11.0. The second kappa shape index (κ2) is 5.62. The maximum Gasteiger partial charge on any atom is 0.118 e. The summed E-state index contributed by atoms with van der Waals surface area (Å²) < 4.78 is 0. The minimum Gasteiger partial charge on any atom is -0.390 e. The summed E-state index contributed by atoms with van der Waals surface area (Å²) in [6.45, 7) is -0.144. The van der Waals surface area contributed by atoms with E-state index < -0.39 is 0 Å². The number of aromatic nitrogens is 4. The van der Waals surface area contributed by atoms with Crippen molar-refractivity contribution in [1.29, 1.82) is 0 Å². The first-order valence-electron chi connectivity index (χ1n) is 7.31. The number of hydrogen-bond acceptors (Lipinski definition) is 4. The fraction of sp³-hybridized carbons (Fsp3) is 0.0556. The van der Waals surface area contributed by atoms with Crippen molar-refractivity contribution in [3.63, 3.8) is 0 Å². The van der Waals surface area contributed by atoms with Crippen LogP contribution in [0.25, 0.3) is 33.3 Å². The van der Waals surface area contributed by atoms with Gasteiger partial charge >= 0.3 is 0 Å². The van der Waals surface area contributed by atoms with E-state index in [1.54, 1.807) is 0 Å². The van der Waals surface area contributed by atoms with E-state index in [4.69, 9.17) is 0 Å². The average molecular weight is 302 g/mol. The molecule has 0 amide bonds. The van der Waals surface area contributed by atoms with Gasteiger partial charge in [-0.25, -0.2) is 0 Å². The number of aliphatic hydroxyl groups is 1. The van der Waals surface area contributed by atoms with Crippen LogP contribution in [0.15, 0.2) is 60.8 Å². The number of rotatable bonds is 3. The van der Waals surface area contributed by atoms with Gasteiger partial charge < -0.3 is 5.11 Å². The van der Waals surface area contributed by atoms with Crippen molar-refractivity contribution >= 4 is 10.8 Å². The highest BCUT2D eigenvalue weighted by molar-refractivity contribution is 5.88. The van der Waals surface area contributed by atoms with Crippen LogP contribution in [0.1, 0.15) is 5.69 Å². The Balaban J connectivity index is 1.79. The number of aromatic amines is 1.